The number of benzene rings is 2. The average molecular weight is 589 g/mol. The summed E-state index contributed by atoms with van der Waals surface area (Å²) in [6, 6.07) is 10.0. The lowest BCUT2D eigenvalue weighted by molar-refractivity contribution is -0.126. The van der Waals surface area contributed by atoms with Crippen molar-refractivity contribution in [3.63, 3.8) is 0 Å². The number of likely N-dealkylation sites (tertiary alicyclic amines) is 1. The van der Waals surface area contributed by atoms with Gasteiger partial charge in [-0.05, 0) is 60.8 Å². The van der Waals surface area contributed by atoms with E-state index in [1.807, 2.05) is 12.1 Å². The summed E-state index contributed by atoms with van der Waals surface area (Å²) in [5, 5.41) is 21.3. The van der Waals surface area contributed by atoms with E-state index in [0.717, 1.165) is 5.56 Å². The summed E-state index contributed by atoms with van der Waals surface area (Å²) in [5.74, 6) is 0.353. The highest BCUT2D eigenvalue weighted by Crippen LogP contribution is 2.41. The normalized spacial score (nSPS) is 21.5. The van der Waals surface area contributed by atoms with Crippen LogP contribution in [-0.4, -0.2) is 73.9 Å². The van der Waals surface area contributed by atoms with E-state index in [4.69, 9.17) is 13.9 Å². The van der Waals surface area contributed by atoms with Crippen molar-refractivity contribution in [1.29, 1.82) is 0 Å². The van der Waals surface area contributed by atoms with Gasteiger partial charge < -0.3 is 33.9 Å². The first-order chi connectivity index (χ1) is 19.1. The smallest absolute Gasteiger partial charge is 0.407 e. The summed E-state index contributed by atoms with van der Waals surface area (Å²) >= 11 is 0. The zero-order valence-electron chi connectivity index (χ0n) is 24.7. The molecule has 2 N–H and O–H groups in total. The molecule has 1 saturated heterocycles. The van der Waals surface area contributed by atoms with E-state index in [1.54, 1.807) is 19.2 Å². The summed E-state index contributed by atoms with van der Waals surface area (Å²) < 4.78 is 33.2. The number of carbonyl (C=O) groups is 2. The standard InChI is InChI=1S/C30H41FN2O7Si/c1-29(2,3)41(5,6)40-25-18-32(28(35)36)16-15-30(25,37)19-39-24-13-12-23(31)27-22(24)11-14-26(34)33(27)17-20-7-9-21(38-4)10-8-20/h7-10,12-13,25,37H,11,14-19H2,1-6H3,(H,35,36)/t25-,30+/m1/s1. The number of fused-ring (bicyclic) bond motifs is 1. The lowest BCUT2D eigenvalue weighted by atomic mass is 9.89. The Kier molecular flexibility index (Phi) is 8.72. The third kappa shape index (κ3) is 6.52. The molecule has 224 valence electrons. The van der Waals surface area contributed by atoms with Crippen molar-refractivity contribution in [3.05, 3.63) is 53.3 Å². The highest BCUT2D eigenvalue weighted by Gasteiger charge is 2.49. The number of piperidine rings is 1. The van der Waals surface area contributed by atoms with Crippen LogP contribution in [0.25, 0.3) is 0 Å². The number of hydrogen-bond acceptors (Lipinski definition) is 6. The molecule has 0 saturated carbocycles. The number of anilines is 1. The number of nitrogens with zero attached hydrogens (tertiary/aromatic N) is 2. The topological polar surface area (TPSA) is 109 Å². The lowest BCUT2D eigenvalue weighted by Crippen LogP contribution is -2.63. The molecule has 2 aromatic rings. The van der Waals surface area contributed by atoms with Gasteiger partial charge in [-0.3, -0.25) is 4.79 Å². The van der Waals surface area contributed by atoms with Crippen molar-refractivity contribution in [2.24, 2.45) is 0 Å². The first-order valence-electron chi connectivity index (χ1n) is 13.9. The maximum Gasteiger partial charge on any atom is 0.407 e. The minimum Gasteiger partial charge on any atom is -0.497 e. The zero-order chi connectivity index (χ0) is 30.2. The van der Waals surface area contributed by atoms with E-state index in [9.17, 15) is 19.8 Å². The second kappa shape index (κ2) is 11.6. The van der Waals surface area contributed by atoms with Crippen molar-refractivity contribution in [2.75, 3.05) is 31.7 Å². The Labute approximate surface area is 241 Å². The Morgan fingerprint density at radius 2 is 1.83 bits per heavy atom. The lowest BCUT2D eigenvalue weighted by Gasteiger charge is -2.48. The van der Waals surface area contributed by atoms with Crippen molar-refractivity contribution < 1.29 is 38.1 Å². The van der Waals surface area contributed by atoms with Gasteiger partial charge in [0.1, 0.15) is 29.5 Å². The van der Waals surface area contributed by atoms with Gasteiger partial charge in [-0.25, -0.2) is 9.18 Å². The van der Waals surface area contributed by atoms with Gasteiger partial charge in [0.25, 0.3) is 0 Å². The van der Waals surface area contributed by atoms with E-state index >= 15 is 4.39 Å². The monoisotopic (exact) mass is 588 g/mol. The molecule has 2 aromatic carbocycles. The van der Waals surface area contributed by atoms with E-state index in [1.165, 1.54) is 21.9 Å². The van der Waals surface area contributed by atoms with Crippen LogP contribution < -0.4 is 14.4 Å². The number of carboxylic acid groups (broad SMARTS) is 1. The third-order valence-electron chi connectivity index (χ3n) is 8.64. The molecule has 0 bridgehead atoms. The van der Waals surface area contributed by atoms with Crippen LogP contribution in [0.1, 0.15) is 44.7 Å². The van der Waals surface area contributed by atoms with Gasteiger partial charge in [-0.2, -0.15) is 0 Å². The highest BCUT2D eigenvalue weighted by atomic mass is 28.4. The molecule has 0 unspecified atom stereocenters. The number of rotatable bonds is 8. The van der Waals surface area contributed by atoms with E-state index in [2.05, 4.69) is 33.9 Å². The molecule has 11 heteroatoms. The fourth-order valence-electron chi connectivity index (χ4n) is 5.00. The fraction of sp³-hybridized carbons (Fsp3) is 0.533. The molecule has 0 aliphatic carbocycles. The number of hydrogen-bond donors (Lipinski definition) is 2. The first kappa shape index (κ1) is 30.8. The predicted octanol–water partition coefficient (Wildman–Crippen LogP) is 5.20. The molecule has 0 aromatic heterocycles. The number of halogens is 1. The predicted molar refractivity (Wildman–Crippen MR) is 156 cm³/mol. The van der Waals surface area contributed by atoms with Crippen LogP contribution in [0.2, 0.25) is 18.1 Å². The summed E-state index contributed by atoms with van der Waals surface area (Å²) in [7, 11) is -0.808. The van der Waals surface area contributed by atoms with Gasteiger partial charge in [0, 0.05) is 18.5 Å². The molecule has 2 amide bonds. The van der Waals surface area contributed by atoms with Crippen molar-refractivity contribution in [3.8, 4) is 11.5 Å². The van der Waals surface area contributed by atoms with Crippen LogP contribution in [0.5, 0.6) is 11.5 Å². The molecule has 0 spiro atoms. The summed E-state index contributed by atoms with van der Waals surface area (Å²) in [6.45, 7) is 10.5. The van der Waals surface area contributed by atoms with Crippen LogP contribution in [0.15, 0.2) is 36.4 Å². The second-order valence-corrected chi connectivity index (χ2v) is 17.2. The van der Waals surface area contributed by atoms with E-state index in [0.29, 0.717) is 23.5 Å². The summed E-state index contributed by atoms with van der Waals surface area (Å²) in [6.07, 6.45) is -1.24. The second-order valence-electron chi connectivity index (χ2n) is 12.4. The number of aliphatic hydroxyl groups is 1. The quantitative estimate of drug-likeness (QED) is 0.408. The van der Waals surface area contributed by atoms with Crippen LogP contribution in [0.3, 0.4) is 0 Å². The Hall–Kier alpha value is -3.15. The van der Waals surface area contributed by atoms with E-state index < -0.39 is 31.9 Å². The van der Waals surface area contributed by atoms with Crippen molar-refractivity contribution in [2.45, 2.75) is 76.4 Å². The number of ether oxygens (including phenoxy) is 2. The maximum atomic E-state index is 15.2. The first-order valence-corrected chi connectivity index (χ1v) is 16.8. The average Bonchev–Trinajstić information content (AvgIpc) is 2.90. The van der Waals surface area contributed by atoms with Gasteiger partial charge in [0.2, 0.25) is 5.91 Å². The van der Waals surface area contributed by atoms with Gasteiger partial charge in [0.15, 0.2) is 8.32 Å². The Morgan fingerprint density at radius 3 is 2.44 bits per heavy atom. The van der Waals surface area contributed by atoms with Crippen molar-refractivity contribution >= 4 is 26.0 Å². The Balaban J connectivity index is 1.59. The molecule has 41 heavy (non-hydrogen) atoms. The van der Waals surface area contributed by atoms with Crippen LogP contribution in [0.4, 0.5) is 14.9 Å². The highest BCUT2D eigenvalue weighted by molar-refractivity contribution is 6.74. The van der Waals surface area contributed by atoms with Crippen LogP contribution in [-0.2, 0) is 22.2 Å². The maximum absolute atomic E-state index is 15.2. The van der Waals surface area contributed by atoms with Crippen LogP contribution in [0, 0.1) is 5.82 Å². The molecular weight excluding hydrogens is 547 g/mol. The SMILES string of the molecule is COc1ccc(CN2C(=O)CCc3c(OC[C@@]4(O)CCN(C(=O)O)C[C@H]4O[Si](C)(C)C(C)(C)C)ccc(F)c32)cc1. The van der Waals surface area contributed by atoms with Gasteiger partial charge in [0.05, 0.1) is 32.0 Å². The van der Waals surface area contributed by atoms with Gasteiger partial charge >= 0.3 is 6.09 Å². The number of amides is 2. The van der Waals surface area contributed by atoms with Gasteiger partial charge in [-0.15, -0.1) is 0 Å². The van der Waals surface area contributed by atoms with Crippen molar-refractivity contribution in [1.82, 2.24) is 4.90 Å². The molecule has 2 aliphatic rings. The molecule has 9 nitrogen and oxygen atoms in total. The fourth-order valence-corrected chi connectivity index (χ4v) is 6.36. The molecule has 2 aliphatic heterocycles. The number of carbonyl (C=O) groups excluding carboxylic acids is 1. The Bertz CT molecular complexity index is 1280. The van der Waals surface area contributed by atoms with E-state index in [-0.39, 0.29) is 55.7 Å². The molecular formula is C30H41FN2O7Si. The molecule has 1 fully saturated rings. The molecule has 4 rings (SSSR count). The minimum atomic E-state index is -2.38. The zero-order valence-corrected chi connectivity index (χ0v) is 25.7. The largest absolute Gasteiger partial charge is 0.497 e. The number of methoxy groups -OCH3 is 1. The molecule has 2 atom stereocenters. The summed E-state index contributed by atoms with van der Waals surface area (Å²) in [5.41, 5.74) is 0.0986. The summed E-state index contributed by atoms with van der Waals surface area (Å²) in [4.78, 5) is 27.4. The van der Waals surface area contributed by atoms with Gasteiger partial charge in [-0.1, -0.05) is 32.9 Å². The molecule has 0 radical (unpaired) electrons. The van der Waals surface area contributed by atoms with Crippen LogP contribution >= 0.6 is 0 Å². The third-order valence-corrected chi connectivity index (χ3v) is 13.1. The Morgan fingerprint density at radius 1 is 1.15 bits per heavy atom. The minimum absolute atomic E-state index is 0.0212. The molecule has 2 heterocycles.